The van der Waals surface area contributed by atoms with Crippen LogP contribution >= 0.6 is 7.26 Å². The Morgan fingerprint density at radius 3 is 1.41 bits per heavy atom. The molecule has 0 radical (unpaired) electrons. The Kier molecular flexibility index (Phi) is 13.8. The van der Waals surface area contributed by atoms with Gasteiger partial charge in [0.05, 0.1) is 31.3 Å². The Balaban J connectivity index is 2.93. The zero-order valence-electron chi connectivity index (χ0n) is 18.3. The highest BCUT2D eigenvalue weighted by Crippen LogP contribution is 2.63. The molecule has 0 saturated carbocycles. The summed E-state index contributed by atoms with van der Waals surface area (Å²) in [6.07, 6.45) is 19.0. The standard InChI is InChI=1S/C25H44OP/c1-4-7-10-16-21-27(22-17-11-8-5-2,23-18-12-9-6-3)25(26)24-19-14-13-15-20-24/h13-15,19-20H,4-12,16-18,21-23H2,1-3H3/q+1. The van der Waals surface area contributed by atoms with E-state index in [0.717, 1.165) is 5.56 Å². The van der Waals surface area contributed by atoms with E-state index in [1.807, 2.05) is 18.2 Å². The predicted octanol–water partition coefficient (Wildman–Crippen LogP) is 8.59. The van der Waals surface area contributed by atoms with Gasteiger partial charge in [0.15, 0.2) is 0 Å². The van der Waals surface area contributed by atoms with Crippen LogP contribution in [0.2, 0.25) is 0 Å². The third-order valence-corrected chi connectivity index (χ3v) is 10.4. The summed E-state index contributed by atoms with van der Waals surface area (Å²) in [6.45, 7) is 6.81. The highest BCUT2D eigenvalue weighted by molar-refractivity contribution is 7.91. The van der Waals surface area contributed by atoms with Gasteiger partial charge in [0.1, 0.15) is 0 Å². The quantitative estimate of drug-likeness (QED) is 0.192. The van der Waals surface area contributed by atoms with E-state index in [4.69, 9.17) is 0 Å². The average molecular weight is 392 g/mol. The molecule has 0 fully saturated rings. The van der Waals surface area contributed by atoms with Crippen LogP contribution in [0.25, 0.3) is 0 Å². The molecular formula is C25H44OP+. The van der Waals surface area contributed by atoms with Crippen LogP contribution in [-0.4, -0.2) is 24.0 Å². The molecule has 0 unspecified atom stereocenters. The summed E-state index contributed by atoms with van der Waals surface area (Å²) in [5.74, 6) is 0. The number of carbonyl (C=O) groups excluding carboxylic acids is 1. The number of carbonyl (C=O) groups is 1. The fraction of sp³-hybridized carbons (Fsp3) is 0.720. The van der Waals surface area contributed by atoms with Crippen molar-refractivity contribution in [1.29, 1.82) is 0 Å². The Bertz CT molecular complexity index is 451. The molecule has 154 valence electrons. The van der Waals surface area contributed by atoms with E-state index < -0.39 is 7.26 Å². The zero-order valence-corrected chi connectivity index (χ0v) is 19.2. The molecule has 0 aliphatic carbocycles. The summed E-state index contributed by atoms with van der Waals surface area (Å²) in [6, 6.07) is 10.2. The summed E-state index contributed by atoms with van der Waals surface area (Å²) < 4.78 is 0. The average Bonchev–Trinajstić information content (AvgIpc) is 2.71. The van der Waals surface area contributed by atoms with Gasteiger partial charge in [-0.3, -0.25) is 0 Å². The lowest BCUT2D eigenvalue weighted by Crippen LogP contribution is -2.18. The van der Waals surface area contributed by atoms with E-state index in [9.17, 15) is 4.79 Å². The number of hydrogen-bond acceptors (Lipinski definition) is 1. The lowest BCUT2D eigenvalue weighted by Gasteiger charge is -2.26. The van der Waals surface area contributed by atoms with Crippen LogP contribution in [0.15, 0.2) is 30.3 Å². The molecule has 0 aliphatic rings. The van der Waals surface area contributed by atoms with Crippen molar-refractivity contribution in [1.82, 2.24) is 0 Å². The van der Waals surface area contributed by atoms with Gasteiger partial charge in [-0.2, -0.15) is 0 Å². The second-order valence-corrected chi connectivity index (χ2v) is 12.2. The van der Waals surface area contributed by atoms with Gasteiger partial charge >= 0.3 is 0 Å². The van der Waals surface area contributed by atoms with Crippen molar-refractivity contribution >= 4 is 12.8 Å². The van der Waals surface area contributed by atoms with Crippen molar-refractivity contribution in [2.24, 2.45) is 0 Å². The highest BCUT2D eigenvalue weighted by Gasteiger charge is 2.44. The Labute approximate surface area is 170 Å². The number of unbranched alkanes of at least 4 members (excludes halogenated alkanes) is 9. The van der Waals surface area contributed by atoms with Gasteiger partial charge in [-0.15, -0.1) is 0 Å². The molecule has 0 N–H and O–H groups in total. The second kappa shape index (κ2) is 15.3. The SMILES string of the molecule is CCCCCC[P+](CCCCCC)(CCCCCC)C(=O)c1ccccc1. The molecule has 0 atom stereocenters. The third kappa shape index (κ3) is 9.38. The minimum Gasteiger partial charge on any atom is -0.247 e. The summed E-state index contributed by atoms with van der Waals surface area (Å²) in [5, 5.41) is 0. The Morgan fingerprint density at radius 2 is 1.04 bits per heavy atom. The molecule has 27 heavy (non-hydrogen) atoms. The number of hydrogen-bond donors (Lipinski definition) is 0. The minimum absolute atomic E-state index is 0.535. The van der Waals surface area contributed by atoms with E-state index in [1.165, 1.54) is 95.5 Å². The van der Waals surface area contributed by atoms with E-state index in [2.05, 4.69) is 32.9 Å². The monoisotopic (exact) mass is 391 g/mol. The zero-order chi connectivity index (χ0) is 19.8. The van der Waals surface area contributed by atoms with Crippen molar-refractivity contribution in [2.75, 3.05) is 18.5 Å². The van der Waals surface area contributed by atoms with Crippen molar-refractivity contribution in [2.45, 2.75) is 97.8 Å². The van der Waals surface area contributed by atoms with E-state index in [1.54, 1.807) is 0 Å². The molecule has 0 amide bonds. The van der Waals surface area contributed by atoms with E-state index in [-0.39, 0.29) is 0 Å². The lowest BCUT2D eigenvalue weighted by molar-refractivity contribution is 0.107. The van der Waals surface area contributed by atoms with E-state index in [0.29, 0.717) is 5.52 Å². The molecule has 1 nitrogen and oxygen atoms in total. The normalized spacial score (nSPS) is 11.7. The molecular weight excluding hydrogens is 347 g/mol. The molecule has 0 bridgehead atoms. The van der Waals surface area contributed by atoms with Crippen LogP contribution in [0, 0.1) is 0 Å². The highest BCUT2D eigenvalue weighted by atomic mass is 31.2. The first-order chi connectivity index (χ1) is 13.2. The van der Waals surface area contributed by atoms with Gasteiger partial charge in [0.2, 0.25) is 0 Å². The molecule has 0 heterocycles. The van der Waals surface area contributed by atoms with Crippen LogP contribution < -0.4 is 0 Å². The second-order valence-electron chi connectivity index (χ2n) is 8.17. The predicted molar refractivity (Wildman–Crippen MR) is 125 cm³/mol. The van der Waals surface area contributed by atoms with Gasteiger partial charge in [0, 0.05) is 0 Å². The molecule has 1 rings (SSSR count). The first-order valence-electron chi connectivity index (χ1n) is 11.7. The number of benzene rings is 1. The molecule has 0 aliphatic heterocycles. The van der Waals surface area contributed by atoms with Gasteiger partial charge in [0.25, 0.3) is 5.52 Å². The van der Waals surface area contributed by atoms with Crippen LogP contribution in [0.1, 0.15) is 108 Å². The van der Waals surface area contributed by atoms with Gasteiger partial charge in [-0.25, -0.2) is 4.79 Å². The molecule has 1 aromatic carbocycles. The molecule has 2 heteroatoms. The van der Waals surface area contributed by atoms with Crippen LogP contribution in [0.5, 0.6) is 0 Å². The van der Waals surface area contributed by atoms with Gasteiger partial charge < -0.3 is 0 Å². The van der Waals surface area contributed by atoms with Gasteiger partial charge in [-0.1, -0.05) is 77.5 Å². The van der Waals surface area contributed by atoms with Crippen LogP contribution in [0.4, 0.5) is 0 Å². The maximum atomic E-state index is 13.7. The molecule has 0 aromatic heterocycles. The fourth-order valence-corrected chi connectivity index (χ4v) is 8.48. The van der Waals surface area contributed by atoms with E-state index >= 15 is 0 Å². The smallest absolute Gasteiger partial charge is 0.247 e. The third-order valence-electron chi connectivity index (χ3n) is 5.77. The maximum Gasteiger partial charge on any atom is 0.297 e. The summed E-state index contributed by atoms with van der Waals surface area (Å²) in [7, 11) is -1.57. The topological polar surface area (TPSA) is 17.1 Å². The minimum atomic E-state index is -1.57. The van der Waals surface area contributed by atoms with Gasteiger partial charge in [-0.05, 0) is 50.7 Å². The van der Waals surface area contributed by atoms with Crippen LogP contribution in [-0.2, 0) is 0 Å². The summed E-state index contributed by atoms with van der Waals surface area (Å²) in [4.78, 5) is 13.7. The molecule has 0 saturated heterocycles. The molecule has 1 aromatic rings. The fourth-order valence-electron chi connectivity index (χ4n) is 4.02. The summed E-state index contributed by atoms with van der Waals surface area (Å²) in [5.41, 5.74) is 1.51. The van der Waals surface area contributed by atoms with Crippen molar-refractivity contribution in [3.05, 3.63) is 35.9 Å². The first kappa shape index (κ1) is 24.4. The maximum absolute atomic E-state index is 13.7. The molecule has 0 spiro atoms. The van der Waals surface area contributed by atoms with Crippen molar-refractivity contribution in [3.8, 4) is 0 Å². The summed E-state index contributed by atoms with van der Waals surface area (Å²) >= 11 is 0. The van der Waals surface area contributed by atoms with Crippen LogP contribution in [0.3, 0.4) is 0 Å². The van der Waals surface area contributed by atoms with Crippen molar-refractivity contribution < 1.29 is 4.79 Å². The Hall–Kier alpha value is -0.680. The largest absolute Gasteiger partial charge is 0.297 e. The first-order valence-corrected chi connectivity index (χ1v) is 14.0. The lowest BCUT2D eigenvalue weighted by atomic mass is 10.2. The Morgan fingerprint density at radius 1 is 0.630 bits per heavy atom. The number of rotatable bonds is 17. The van der Waals surface area contributed by atoms with Crippen molar-refractivity contribution in [3.63, 3.8) is 0 Å².